The van der Waals surface area contributed by atoms with Crippen molar-refractivity contribution in [3.8, 4) is 6.07 Å². The van der Waals surface area contributed by atoms with Gasteiger partial charge < -0.3 is 29.7 Å². The van der Waals surface area contributed by atoms with Crippen LogP contribution >= 0.6 is 0 Å². The standard InChI is InChI=1S/C27H39BF2N4O6/c1-26(2,33-13-12-27(29,30)19-33)11-10-21(16-31)24(35)34-14-15-39-17-22(34)18-40-25(36)32-23(28(37)38)9-8-20-6-4-3-5-7-20/h3-7,21-23,37-38H,8-15,17-19H2,1-2H3,(H,32,36)/t21?,22-,23+/m1/s1. The fourth-order valence-electron chi connectivity index (χ4n) is 5.06. The van der Waals surface area contributed by atoms with Gasteiger partial charge in [-0.3, -0.25) is 9.69 Å². The lowest BCUT2D eigenvalue weighted by molar-refractivity contribution is -0.144. The number of alkyl halides is 2. The highest BCUT2D eigenvalue weighted by Crippen LogP contribution is 2.34. The Morgan fingerprint density at radius 3 is 2.62 bits per heavy atom. The lowest BCUT2D eigenvalue weighted by Crippen LogP contribution is -2.54. The Bertz CT molecular complexity index is 1030. The van der Waals surface area contributed by atoms with Crippen molar-refractivity contribution in [1.29, 1.82) is 5.26 Å². The topological polar surface area (TPSA) is 135 Å². The summed E-state index contributed by atoms with van der Waals surface area (Å²) in [5.74, 6) is -5.10. The summed E-state index contributed by atoms with van der Waals surface area (Å²) in [4.78, 5) is 28.9. The van der Waals surface area contributed by atoms with Gasteiger partial charge in [-0.25, -0.2) is 13.6 Å². The first kappa shape index (κ1) is 31.7. The van der Waals surface area contributed by atoms with Gasteiger partial charge in [0.05, 0.1) is 37.8 Å². The van der Waals surface area contributed by atoms with Crippen LogP contribution < -0.4 is 5.32 Å². The number of carbonyl (C=O) groups excluding carboxylic acids is 2. The summed E-state index contributed by atoms with van der Waals surface area (Å²) in [6.45, 7) is 3.97. The van der Waals surface area contributed by atoms with E-state index in [2.05, 4.69) is 11.4 Å². The van der Waals surface area contributed by atoms with E-state index in [1.54, 1.807) is 4.90 Å². The van der Waals surface area contributed by atoms with E-state index in [0.29, 0.717) is 12.8 Å². The minimum atomic E-state index is -2.73. The van der Waals surface area contributed by atoms with Gasteiger partial charge in [-0.2, -0.15) is 5.26 Å². The third-order valence-corrected chi connectivity index (χ3v) is 7.69. The molecular weight excluding hydrogens is 525 g/mol. The van der Waals surface area contributed by atoms with E-state index in [-0.39, 0.29) is 58.7 Å². The Morgan fingerprint density at radius 1 is 1.27 bits per heavy atom. The number of amides is 2. The van der Waals surface area contributed by atoms with Gasteiger partial charge in [0.15, 0.2) is 0 Å². The number of rotatable bonds is 12. The van der Waals surface area contributed by atoms with Gasteiger partial charge in [-0.05, 0) is 45.1 Å². The van der Waals surface area contributed by atoms with Gasteiger partial charge in [0, 0.05) is 25.0 Å². The average molecular weight is 564 g/mol. The molecule has 13 heteroatoms. The number of benzene rings is 1. The van der Waals surface area contributed by atoms with E-state index < -0.39 is 48.5 Å². The van der Waals surface area contributed by atoms with Crippen LogP contribution in [0.15, 0.2) is 30.3 Å². The molecule has 2 amide bonds. The van der Waals surface area contributed by atoms with Gasteiger partial charge >= 0.3 is 13.2 Å². The number of alkyl carbamates (subject to hydrolysis) is 1. The van der Waals surface area contributed by atoms with Crippen LogP contribution in [0.5, 0.6) is 0 Å². The number of likely N-dealkylation sites (tertiary alicyclic amines) is 1. The molecule has 2 saturated heterocycles. The third-order valence-electron chi connectivity index (χ3n) is 7.69. The largest absolute Gasteiger partial charge is 0.475 e. The van der Waals surface area contributed by atoms with E-state index in [0.717, 1.165) is 5.56 Å². The first-order valence-corrected chi connectivity index (χ1v) is 13.7. The molecule has 0 aliphatic carbocycles. The van der Waals surface area contributed by atoms with Crippen molar-refractivity contribution in [1.82, 2.24) is 15.1 Å². The normalized spacial score (nSPS) is 20.8. The van der Waals surface area contributed by atoms with E-state index in [4.69, 9.17) is 9.47 Å². The molecule has 0 saturated carbocycles. The van der Waals surface area contributed by atoms with Crippen LogP contribution in [-0.4, -0.2) is 102 Å². The number of halogens is 2. The summed E-state index contributed by atoms with van der Waals surface area (Å²) in [5.41, 5.74) is 0.375. The van der Waals surface area contributed by atoms with Crippen molar-refractivity contribution in [2.75, 3.05) is 39.5 Å². The van der Waals surface area contributed by atoms with Crippen LogP contribution in [0.2, 0.25) is 0 Å². The number of nitrogens with zero attached hydrogens (tertiary/aromatic N) is 3. The number of morpholine rings is 1. The molecule has 1 aromatic rings. The zero-order valence-corrected chi connectivity index (χ0v) is 23.1. The fourth-order valence-corrected chi connectivity index (χ4v) is 5.06. The van der Waals surface area contributed by atoms with Crippen molar-refractivity contribution in [3.63, 3.8) is 0 Å². The smallest absolute Gasteiger partial charge is 0.447 e. The van der Waals surface area contributed by atoms with Gasteiger partial charge in [0.2, 0.25) is 5.91 Å². The third kappa shape index (κ3) is 9.12. The lowest BCUT2D eigenvalue weighted by Gasteiger charge is -2.38. The number of nitriles is 1. The molecule has 0 aromatic heterocycles. The number of aryl methyl sites for hydroxylation is 1. The molecule has 1 unspecified atom stereocenters. The molecule has 3 N–H and O–H groups in total. The number of hydrogen-bond donors (Lipinski definition) is 3. The number of nitrogens with one attached hydrogen (secondary N) is 1. The zero-order valence-electron chi connectivity index (χ0n) is 23.1. The summed E-state index contributed by atoms with van der Waals surface area (Å²) in [7, 11) is -1.79. The second-order valence-corrected chi connectivity index (χ2v) is 11.1. The first-order chi connectivity index (χ1) is 18.9. The van der Waals surface area contributed by atoms with E-state index in [1.807, 2.05) is 44.2 Å². The molecule has 2 aliphatic rings. The molecular formula is C27H39BF2N4O6. The molecule has 2 aliphatic heterocycles. The van der Waals surface area contributed by atoms with E-state index in [9.17, 15) is 33.7 Å². The SMILES string of the molecule is CC(C)(CCC(C#N)C(=O)N1CCOC[C@@H]1COC(=O)N[C@@H](CCc1ccccc1)B(O)O)N1CCC(F)(F)C1. The minimum Gasteiger partial charge on any atom is -0.447 e. The average Bonchev–Trinajstić information content (AvgIpc) is 3.31. The van der Waals surface area contributed by atoms with Gasteiger partial charge in [0.25, 0.3) is 5.92 Å². The fraction of sp³-hybridized carbons (Fsp3) is 0.667. The second-order valence-electron chi connectivity index (χ2n) is 11.1. The van der Waals surface area contributed by atoms with Crippen LogP contribution in [0.4, 0.5) is 13.6 Å². The Hall–Kier alpha value is -2.79. The molecule has 0 radical (unpaired) electrons. The van der Waals surface area contributed by atoms with Crippen LogP contribution in [0.25, 0.3) is 0 Å². The molecule has 10 nitrogen and oxygen atoms in total. The molecule has 3 rings (SSSR count). The first-order valence-electron chi connectivity index (χ1n) is 13.7. The number of hydrogen-bond acceptors (Lipinski definition) is 8. The van der Waals surface area contributed by atoms with E-state index >= 15 is 0 Å². The molecule has 220 valence electrons. The van der Waals surface area contributed by atoms with Gasteiger partial charge in [-0.1, -0.05) is 30.3 Å². The van der Waals surface area contributed by atoms with Crippen molar-refractivity contribution in [3.05, 3.63) is 35.9 Å². The summed E-state index contributed by atoms with van der Waals surface area (Å²) in [5, 5.41) is 31.6. The summed E-state index contributed by atoms with van der Waals surface area (Å²) >= 11 is 0. The molecule has 2 heterocycles. The Kier molecular flexibility index (Phi) is 11.3. The molecule has 40 heavy (non-hydrogen) atoms. The quantitative estimate of drug-likeness (QED) is 0.328. The van der Waals surface area contributed by atoms with Crippen LogP contribution in [0.3, 0.4) is 0 Å². The maximum Gasteiger partial charge on any atom is 0.475 e. The predicted octanol–water partition coefficient (Wildman–Crippen LogP) is 1.99. The molecule has 2 fully saturated rings. The molecule has 0 spiro atoms. The van der Waals surface area contributed by atoms with Gasteiger partial charge in [-0.15, -0.1) is 0 Å². The summed E-state index contributed by atoms with van der Waals surface area (Å²) < 4.78 is 38.2. The Labute approximate surface area is 234 Å². The van der Waals surface area contributed by atoms with Crippen LogP contribution in [0, 0.1) is 17.2 Å². The maximum absolute atomic E-state index is 13.7. The Balaban J connectivity index is 1.52. The van der Waals surface area contributed by atoms with E-state index in [1.165, 1.54) is 4.90 Å². The van der Waals surface area contributed by atoms with Gasteiger partial charge in [0.1, 0.15) is 12.5 Å². The monoisotopic (exact) mass is 564 g/mol. The highest BCUT2D eigenvalue weighted by molar-refractivity contribution is 6.43. The maximum atomic E-state index is 13.7. The van der Waals surface area contributed by atoms with Crippen molar-refractivity contribution < 1.29 is 37.9 Å². The van der Waals surface area contributed by atoms with Crippen LogP contribution in [0.1, 0.15) is 45.1 Å². The second kappa shape index (κ2) is 14.2. The highest BCUT2D eigenvalue weighted by Gasteiger charge is 2.44. The minimum absolute atomic E-state index is 0.103. The lowest BCUT2D eigenvalue weighted by atomic mass is 9.76. The van der Waals surface area contributed by atoms with Crippen molar-refractivity contribution in [2.24, 2.45) is 5.92 Å². The van der Waals surface area contributed by atoms with Crippen molar-refractivity contribution >= 4 is 19.1 Å². The number of ether oxygens (including phenoxy) is 2. The van der Waals surface area contributed by atoms with Crippen molar-refractivity contribution in [2.45, 2.75) is 69.4 Å². The predicted molar refractivity (Wildman–Crippen MR) is 143 cm³/mol. The van der Waals surface area contributed by atoms with Crippen LogP contribution in [-0.2, 0) is 20.7 Å². The number of carbonyl (C=O) groups is 2. The summed E-state index contributed by atoms with van der Waals surface area (Å²) in [6, 6.07) is 10.8. The zero-order chi connectivity index (χ0) is 29.3. The highest BCUT2D eigenvalue weighted by atomic mass is 19.3. The Morgan fingerprint density at radius 2 is 2.00 bits per heavy atom. The summed E-state index contributed by atoms with van der Waals surface area (Å²) in [6.07, 6.45) is 0.288. The molecule has 0 bridgehead atoms. The molecule has 3 atom stereocenters. The molecule has 1 aromatic carbocycles.